The smallest absolute Gasteiger partial charge is 0.319 e. The zero-order valence-corrected chi connectivity index (χ0v) is 13.5. The normalized spacial score (nSPS) is 22.7. The van der Waals surface area contributed by atoms with Gasteiger partial charge in [-0.05, 0) is 38.2 Å². The van der Waals surface area contributed by atoms with Crippen LogP contribution in [0.1, 0.15) is 57.4 Å². The Hall–Kier alpha value is -1.64. The molecule has 0 spiro atoms. The molecule has 1 fully saturated rings. The average molecular weight is 302 g/mol. The van der Waals surface area contributed by atoms with Crippen LogP contribution in [-0.4, -0.2) is 18.4 Å². The Bertz CT molecular complexity index is 485. The van der Waals surface area contributed by atoms with Crippen molar-refractivity contribution in [2.24, 2.45) is 5.41 Å². The minimum atomic E-state index is -0.924. The van der Waals surface area contributed by atoms with Gasteiger partial charge in [-0.3, -0.25) is 9.59 Å². The molecule has 120 valence electrons. The fraction of sp³-hybridized carbons (Fsp3) is 0.579. The Labute approximate surface area is 133 Å². The molecule has 1 aromatic rings. The molecule has 0 amide bonds. The first-order valence-corrected chi connectivity index (χ1v) is 8.43. The monoisotopic (exact) mass is 302 g/mol. The van der Waals surface area contributed by atoms with E-state index in [1.807, 2.05) is 30.3 Å². The van der Waals surface area contributed by atoms with E-state index in [-0.39, 0.29) is 11.8 Å². The quantitative estimate of drug-likeness (QED) is 0.607. The van der Waals surface area contributed by atoms with Crippen molar-refractivity contribution < 1.29 is 14.3 Å². The molecule has 0 N–H and O–H groups in total. The van der Waals surface area contributed by atoms with Crippen LogP contribution in [-0.2, 0) is 20.7 Å². The lowest BCUT2D eigenvalue weighted by Crippen LogP contribution is -2.42. The lowest BCUT2D eigenvalue weighted by molar-refractivity contribution is -0.161. The maximum absolute atomic E-state index is 12.7. The first kappa shape index (κ1) is 16.7. The molecular formula is C19H26O3. The zero-order valence-electron chi connectivity index (χ0n) is 13.5. The Balaban J connectivity index is 2.19. The molecule has 0 aromatic heterocycles. The van der Waals surface area contributed by atoms with Crippen molar-refractivity contribution >= 4 is 11.8 Å². The third kappa shape index (κ3) is 3.96. The number of rotatable bonds is 5. The number of hydrogen-bond acceptors (Lipinski definition) is 3. The minimum absolute atomic E-state index is 0.0848. The standard InChI is InChI=1S/C19H26O3/c1-2-22-18(21)19(14-9-4-3-8-12-17(19)20)15-13-16-10-6-5-7-11-16/h5-7,10-11H,2-4,8-9,12-15H2,1H3/t19-/m0/s1. The molecule has 3 nitrogen and oxygen atoms in total. The summed E-state index contributed by atoms with van der Waals surface area (Å²) in [4.78, 5) is 25.3. The molecule has 0 aliphatic heterocycles. The van der Waals surface area contributed by atoms with Crippen molar-refractivity contribution in [3.05, 3.63) is 35.9 Å². The number of carbonyl (C=O) groups excluding carboxylic acids is 2. The van der Waals surface area contributed by atoms with E-state index in [9.17, 15) is 9.59 Å². The second kappa shape index (κ2) is 8.11. The van der Waals surface area contributed by atoms with E-state index in [0.717, 1.165) is 32.1 Å². The van der Waals surface area contributed by atoms with E-state index < -0.39 is 5.41 Å². The van der Waals surface area contributed by atoms with Gasteiger partial charge in [0.2, 0.25) is 0 Å². The average Bonchev–Trinajstić information content (AvgIpc) is 2.52. The van der Waals surface area contributed by atoms with E-state index in [2.05, 4.69) is 0 Å². The second-order valence-corrected chi connectivity index (χ2v) is 6.13. The maximum atomic E-state index is 12.7. The van der Waals surface area contributed by atoms with Crippen molar-refractivity contribution in [3.63, 3.8) is 0 Å². The maximum Gasteiger partial charge on any atom is 0.319 e. The molecule has 0 heterocycles. The molecular weight excluding hydrogens is 276 g/mol. The Morgan fingerprint density at radius 3 is 2.59 bits per heavy atom. The van der Waals surface area contributed by atoms with Gasteiger partial charge in [-0.1, -0.05) is 49.6 Å². The number of ether oxygens (including phenoxy) is 1. The summed E-state index contributed by atoms with van der Waals surface area (Å²) >= 11 is 0. The van der Waals surface area contributed by atoms with Crippen molar-refractivity contribution in [1.29, 1.82) is 0 Å². The van der Waals surface area contributed by atoms with E-state index in [1.165, 1.54) is 5.56 Å². The number of benzene rings is 1. The number of carbonyl (C=O) groups is 2. The predicted octanol–water partition coefficient (Wildman–Crippen LogP) is 4.09. The van der Waals surface area contributed by atoms with Crippen molar-refractivity contribution in [3.8, 4) is 0 Å². The van der Waals surface area contributed by atoms with Crippen LogP contribution in [0.2, 0.25) is 0 Å². The number of ketones is 1. The molecule has 2 rings (SSSR count). The minimum Gasteiger partial charge on any atom is -0.465 e. The summed E-state index contributed by atoms with van der Waals surface area (Å²) in [6, 6.07) is 10.1. The Morgan fingerprint density at radius 1 is 1.14 bits per heavy atom. The highest BCUT2D eigenvalue weighted by Crippen LogP contribution is 2.37. The lowest BCUT2D eigenvalue weighted by Gasteiger charge is -2.31. The fourth-order valence-electron chi connectivity index (χ4n) is 3.30. The van der Waals surface area contributed by atoms with Crippen LogP contribution in [0.3, 0.4) is 0 Å². The van der Waals surface area contributed by atoms with Gasteiger partial charge in [0.1, 0.15) is 11.2 Å². The Morgan fingerprint density at radius 2 is 1.86 bits per heavy atom. The molecule has 0 bridgehead atoms. The summed E-state index contributed by atoms with van der Waals surface area (Å²) < 4.78 is 5.28. The summed E-state index contributed by atoms with van der Waals surface area (Å²) in [6.07, 6.45) is 6.46. The van der Waals surface area contributed by atoms with E-state index in [4.69, 9.17) is 4.74 Å². The third-order valence-electron chi connectivity index (χ3n) is 4.64. The van der Waals surface area contributed by atoms with Crippen LogP contribution in [0, 0.1) is 5.41 Å². The lowest BCUT2D eigenvalue weighted by atomic mass is 9.71. The summed E-state index contributed by atoms with van der Waals surface area (Å²) in [5.74, 6) is -0.223. The summed E-state index contributed by atoms with van der Waals surface area (Å²) in [7, 11) is 0. The molecule has 0 unspecified atom stereocenters. The van der Waals surface area contributed by atoms with E-state index in [1.54, 1.807) is 6.92 Å². The van der Waals surface area contributed by atoms with Crippen molar-refractivity contribution in [1.82, 2.24) is 0 Å². The van der Waals surface area contributed by atoms with E-state index >= 15 is 0 Å². The molecule has 1 aliphatic carbocycles. The molecule has 1 aliphatic rings. The largest absolute Gasteiger partial charge is 0.465 e. The molecule has 1 atom stereocenters. The number of hydrogen-bond donors (Lipinski definition) is 0. The number of esters is 1. The summed E-state index contributed by atoms with van der Waals surface area (Å²) in [5.41, 5.74) is 0.243. The van der Waals surface area contributed by atoms with Gasteiger partial charge in [0.05, 0.1) is 6.61 Å². The van der Waals surface area contributed by atoms with Gasteiger partial charge in [0, 0.05) is 6.42 Å². The first-order valence-electron chi connectivity index (χ1n) is 8.43. The third-order valence-corrected chi connectivity index (χ3v) is 4.64. The van der Waals surface area contributed by atoms with Gasteiger partial charge < -0.3 is 4.74 Å². The van der Waals surface area contributed by atoms with Crippen molar-refractivity contribution in [2.75, 3.05) is 6.61 Å². The first-order chi connectivity index (χ1) is 10.7. The van der Waals surface area contributed by atoms with Gasteiger partial charge in [0.15, 0.2) is 0 Å². The van der Waals surface area contributed by atoms with Crippen LogP contribution >= 0.6 is 0 Å². The molecule has 3 heteroatoms. The number of Topliss-reactive ketones (excluding diaryl/α,β-unsaturated/α-hetero) is 1. The van der Waals surface area contributed by atoms with Gasteiger partial charge in [-0.15, -0.1) is 0 Å². The zero-order chi connectivity index (χ0) is 15.8. The van der Waals surface area contributed by atoms with Crippen LogP contribution in [0.4, 0.5) is 0 Å². The second-order valence-electron chi connectivity index (χ2n) is 6.13. The predicted molar refractivity (Wildman–Crippen MR) is 86.5 cm³/mol. The highest BCUT2D eigenvalue weighted by Gasteiger charge is 2.45. The molecule has 0 radical (unpaired) electrons. The van der Waals surface area contributed by atoms with Crippen LogP contribution < -0.4 is 0 Å². The van der Waals surface area contributed by atoms with Gasteiger partial charge >= 0.3 is 5.97 Å². The van der Waals surface area contributed by atoms with Crippen LogP contribution in [0.25, 0.3) is 0 Å². The summed E-state index contributed by atoms with van der Waals surface area (Å²) in [6.45, 7) is 2.13. The van der Waals surface area contributed by atoms with Crippen LogP contribution in [0.15, 0.2) is 30.3 Å². The summed E-state index contributed by atoms with van der Waals surface area (Å²) in [5, 5.41) is 0. The Kier molecular flexibility index (Phi) is 6.17. The molecule has 1 saturated carbocycles. The van der Waals surface area contributed by atoms with Gasteiger partial charge in [-0.2, -0.15) is 0 Å². The highest BCUT2D eigenvalue weighted by molar-refractivity contribution is 6.03. The topological polar surface area (TPSA) is 43.4 Å². The van der Waals surface area contributed by atoms with Gasteiger partial charge in [-0.25, -0.2) is 0 Å². The van der Waals surface area contributed by atoms with Crippen LogP contribution in [0.5, 0.6) is 0 Å². The highest BCUT2D eigenvalue weighted by atomic mass is 16.5. The fourth-order valence-corrected chi connectivity index (χ4v) is 3.30. The molecule has 22 heavy (non-hydrogen) atoms. The number of aryl methyl sites for hydroxylation is 1. The molecule has 0 saturated heterocycles. The van der Waals surface area contributed by atoms with Gasteiger partial charge in [0.25, 0.3) is 0 Å². The SMILES string of the molecule is CCOC(=O)[C@]1(CCc2ccccc2)CCCCCCC1=O. The van der Waals surface area contributed by atoms with E-state index in [0.29, 0.717) is 25.9 Å². The molecule has 1 aromatic carbocycles. The van der Waals surface area contributed by atoms with Crippen molar-refractivity contribution in [2.45, 2.75) is 58.3 Å².